The molecule has 32 heavy (non-hydrogen) atoms. The van der Waals surface area contributed by atoms with Crippen molar-refractivity contribution >= 4 is 58.3 Å². The van der Waals surface area contributed by atoms with Crippen LogP contribution < -0.4 is 9.47 Å². The van der Waals surface area contributed by atoms with Gasteiger partial charge in [0.1, 0.15) is 24.7 Å². The van der Waals surface area contributed by atoms with E-state index in [1.165, 1.54) is 6.07 Å². The van der Waals surface area contributed by atoms with Crippen LogP contribution in [-0.4, -0.2) is 51.6 Å². The smallest absolute Gasteiger partial charge is 0.344 e. The molecule has 0 spiro atoms. The van der Waals surface area contributed by atoms with Gasteiger partial charge in [0.2, 0.25) is 0 Å². The van der Waals surface area contributed by atoms with Crippen LogP contribution in [0.1, 0.15) is 5.56 Å². The number of halogens is 4. The fraction of sp³-hybridized carbons (Fsp3) is 0.333. The van der Waals surface area contributed by atoms with Gasteiger partial charge in [-0.3, -0.25) is 0 Å². The van der Waals surface area contributed by atoms with Crippen LogP contribution in [0, 0.1) is 6.92 Å². The minimum absolute atomic E-state index is 0.0156. The Hall–Kier alpha value is -1.90. The van der Waals surface area contributed by atoms with Gasteiger partial charge in [0.25, 0.3) is 0 Å². The molecule has 0 saturated carbocycles. The molecule has 0 unspecified atom stereocenters. The third-order valence-corrected chi connectivity index (χ3v) is 5.26. The summed E-state index contributed by atoms with van der Waals surface area (Å²) in [7, 11) is 0. The molecule has 0 radical (unpaired) electrons. The molecule has 0 heterocycles. The van der Waals surface area contributed by atoms with Crippen LogP contribution in [0.3, 0.4) is 0 Å². The second-order valence-electron chi connectivity index (χ2n) is 6.19. The lowest BCUT2D eigenvalue weighted by Crippen LogP contribution is -2.20. The fourth-order valence-electron chi connectivity index (χ4n) is 2.23. The van der Waals surface area contributed by atoms with Gasteiger partial charge in [-0.25, -0.2) is 9.59 Å². The molecule has 0 N–H and O–H groups in total. The van der Waals surface area contributed by atoms with Crippen molar-refractivity contribution in [3.63, 3.8) is 0 Å². The molecule has 0 atom stereocenters. The average Bonchev–Trinajstić information content (AvgIpc) is 2.75. The Labute approximate surface area is 205 Å². The number of hydrogen-bond acceptors (Lipinski definition) is 7. The summed E-state index contributed by atoms with van der Waals surface area (Å²) in [4.78, 5) is 23.4. The van der Waals surface area contributed by atoms with Crippen molar-refractivity contribution in [3.05, 3.63) is 56.0 Å². The topological polar surface area (TPSA) is 80.3 Å². The monoisotopic (exact) mass is 524 g/mol. The highest BCUT2D eigenvalue weighted by Gasteiger charge is 2.11. The Kier molecular flexibility index (Phi) is 11.2. The first-order valence-electron chi connectivity index (χ1n) is 9.32. The third-order valence-electron chi connectivity index (χ3n) is 3.85. The number of esters is 2. The van der Waals surface area contributed by atoms with Crippen molar-refractivity contribution in [2.75, 3.05) is 39.6 Å². The van der Waals surface area contributed by atoms with Crippen LogP contribution in [0.25, 0.3) is 0 Å². The van der Waals surface area contributed by atoms with E-state index in [0.29, 0.717) is 37.2 Å². The summed E-state index contributed by atoms with van der Waals surface area (Å²) in [5.41, 5.74) is 0.661. The molecule has 2 aromatic rings. The van der Waals surface area contributed by atoms with E-state index in [0.717, 1.165) is 0 Å². The van der Waals surface area contributed by atoms with Crippen LogP contribution in [0.5, 0.6) is 11.5 Å². The van der Waals surface area contributed by atoms with Gasteiger partial charge in [-0.05, 0) is 42.8 Å². The summed E-state index contributed by atoms with van der Waals surface area (Å²) < 4.78 is 25.8. The normalized spacial score (nSPS) is 10.5. The largest absolute Gasteiger partial charge is 0.480 e. The van der Waals surface area contributed by atoms with Crippen molar-refractivity contribution in [1.82, 2.24) is 0 Å². The summed E-state index contributed by atoms with van der Waals surface area (Å²) in [6.45, 7) is 1.41. The Balaban J connectivity index is 1.51. The zero-order valence-electron chi connectivity index (χ0n) is 17.0. The number of hydrogen-bond donors (Lipinski definition) is 0. The quantitative estimate of drug-likeness (QED) is 0.279. The van der Waals surface area contributed by atoms with Gasteiger partial charge in [-0.2, -0.15) is 0 Å². The molecule has 0 bridgehead atoms. The van der Waals surface area contributed by atoms with E-state index >= 15 is 0 Å². The number of benzene rings is 2. The van der Waals surface area contributed by atoms with Crippen molar-refractivity contribution in [2.24, 2.45) is 0 Å². The van der Waals surface area contributed by atoms with Crippen LogP contribution >= 0.6 is 46.4 Å². The Morgan fingerprint density at radius 3 is 1.91 bits per heavy atom. The summed E-state index contributed by atoms with van der Waals surface area (Å²) in [6, 6.07) is 7.85. The Morgan fingerprint density at radius 2 is 1.31 bits per heavy atom. The molecule has 0 aromatic heterocycles. The third kappa shape index (κ3) is 8.92. The summed E-state index contributed by atoms with van der Waals surface area (Å²) in [5, 5.41) is 1.59. The second kappa shape index (κ2) is 13.6. The molecule has 174 valence electrons. The standard InChI is InChI=1S/C21H20Cl4O7/c1-13-15(23)3-5-18(21(13)25)32-12-20(27)30-9-7-28-6-8-29-19(26)11-31-17-4-2-14(22)10-16(17)24/h2-5,10H,6-9,11-12H2,1H3. The minimum Gasteiger partial charge on any atom is -0.480 e. The predicted molar refractivity (Wildman–Crippen MR) is 121 cm³/mol. The van der Waals surface area contributed by atoms with E-state index in [-0.39, 0.29) is 39.6 Å². The highest BCUT2D eigenvalue weighted by molar-refractivity contribution is 6.37. The molecular weight excluding hydrogens is 506 g/mol. The van der Waals surface area contributed by atoms with Crippen LogP contribution in [-0.2, 0) is 23.8 Å². The van der Waals surface area contributed by atoms with Crippen molar-refractivity contribution in [1.29, 1.82) is 0 Å². The van der Waals surface area contributed by atoms with Gasteiger partial charge in [0, 0.05) is 10.0 Å². The SMILES string of the molecule is Cc1c(Cl)ccc(OCC(=O)OCCOCCOC(=O)COc2ccc(Cl)cc2Cl)c1Cl. The van der Waals surface area contributed by atoms with Crippen molar-refractivity contribution in [2.45, 2.75) is 6.92 Å². The molecule has 0 amide bonds. The van der Waals surface area contributed by atoms with Gasteiger partial charge < -0.3 is 23.7 Å². The Bertz CT molecular complexity index is 937. The molecule has 7 nitrogen and oxygen atoms in total. The summed E-state index contributed by atoms with van der Waals surface area (Å²) in [6.07, 6.45) is 0. The lowest BCUT2D eigenvalue weighted by Gasteiger charge is -2.11. The maximum absolute atomic E-state index is 11.7. The van der Waals surface area contributed by atoms with Crippen molar-refractivity contribution < 1.29 is 33.3 Å². The highest BCUT2D eigenvalue weighted by atomic mass is 35.5. The first-order valence-corrected chi connectivity index (χ1v) is 10.8. The number of rotatable bonds is 12. The molecule has 11 heteroatoms. The summed E-state index contributed by atoms with van der Waals surface area (Å²) >= 11 is 23.8. The van der Waals surface area contributed by atoms with Gasteiger partial charge in [0.05, 0.1) is 23.3 Å². The molecule has 0 fully saturated rings. The molecular formula is C21H20Cl4O7. The maximum Gasteiger partial charge on any atom is 0.344 e. The zero-order chi connectivity index (χ0) is 23.5. The zero-order valence-corrected chi connectivity index (χ0v) is 20.0. The van der Waals surface area contributed by atoms with Crippen LogP contribution in [0.2, 0.25) is 20.1 Å². The number of carbonyl (C=O) groups excluding carboxylic acids is 2. The summed E-state index contributed by atoms with van der Waals surface area (Å²) in [5.74, 6) is -0.504. The van der Waals surface area contributed by atoms with Crippen LogP contribution in [0.4, 0.5) is 0 Å². The first-order chi connectivity index (χ1) is 15.3. The van der Waals surface area contributed by atoms with Gasteiger partial charge >= 0.3 is 11.9 Å². The lowest BCUT2D eigenvalue weighted by atomic mass is 10.2. The van der Waals surface area contributed by atoms with E-state index in [4.69, 9.17) is 70.1 Å². The highest BCUT2D eigenvalue weighted by Crippen LogP contribution is 2.32. The first kappa shape index (κ1) is 26.4. The molecule has 0 aliphatic carbocycles. The van der Waals surface area contributed by atoms with E-state index in [1.54, 1.807) is 31.2 Å². The predicted octanol–water partition coefficient (Wildman–Crippen LogP) is 5.17. The average molecular weight is 526 g/mol. The number of carbonyl (C=O) groups is 2. The minimum atomic E-state index is -0.584. The maximum atomic E-state index is 11.7. The van der Waals surface area contributed by atoms with Gasteiger partial charge in [-0.15, -0.1) is 0 Å². The van der Waals surface area contributed by atoms with Crippen LogP contribution in [0.15, 0.2) is 30.3 Å². The second-order valence-corrected chi connectivity index (χ2v) is 7.82. The lowest BCUT2D eigenvalue weighted by molar-refractivity contribution is -0.149. The fourth-order valence-corrected chi connectivity index (χ4v) is 3.12. The van der Waals surface area contributed by atoms with Crippen molar-refractivity contribution in [3.8, 4) is 11.5 Å². The molecule has 2 aromatic carbocycles. The van der Waals surface area contributed by atoms with Gasteiger partial charge in [0.15, 0.2) is 13.2 Å². The van der Waals surface area contributed by atoms with E-state index in [1.807, 2.05) is 0 Å². The molecule has 0 saturated heterocycles. The Morgan fingerprint density at radius 1 is 0.750 bits per heavy atom. The van der Waals surface area contributed by atoms with Gasteiger partial charge in [-0.1, -0.05) is 46.4 Å². The number of ether oxygens (including phenoxy) is 5. The van der Waals surface area contributed by atoms with E-state index in [2.05, 4.69) is 0 Å². The van der Waals surface area contributed by atoms with E-state index < -0.39 is 11.9 Å². The van der Waals surface area contributed by atoms with E-state index in [9.17, 15) is 9.59 Å². The molecule has 0 aliphatic rings. The molecule has 0 aliphatic heterocycles. The molecule has 2 rings (SSSR count).